The second-order valence-corrected chi connectivity index (χ2v) is 10.2. The predicted octanol–water partition coefficient (Wildman–Crippen LogP) is 4.73. The Labute approximate surface area is 193 Å². The molecule has 2 aliphatic carbocycles. The van der Waals surface area contributed by atoms with E-state index >= 15 is 0 Å². The number of halogens is 3. The number of piperazine rings is 1. The molecule has 1 aromatic carbocycles. The molecule has 8 heteroatoms. The van der Waals surface area contributed by atoms with Crippen LogP contribution in [0.25, 0.3) is 0 Å². The minimum Gasteiger partial charge on any atom is -0.337 e. The molecule has 3 fully saturated rings. The third-order valence-corrected chi connectivity index (χ3v) is 7.50. The number of nitrogens with zero attached hydrogens (tertiary/aromatic N) is 2. The van der Waals surface area contributed by atoms with Gasteiger partial charge in [-0.1, -0.05) is 12.8 Å². The fraction of sp³-hybridized carbons (Fsp3) is 0.680. The van der Waals surface area contributed by atoms with E-state index in [1.807, 2.05) is 11.8 Å². The minimum absolute atomic E-state index is 0.0232. The van der Waals surface area contributed by atoms with Gasteiger partial charge in [0.15, 0.2) is 0 Å². The van der Waals surface area contributed by atoms with Crippen LogP contribution < -0.4 is 5.32 Å². The lowest BCUT2D eigenvalue weighted by atomic mass is 9.79. The van der Waals surface area contributed by atoms with E-state index in [-0.39, 0.29) is 49.0 Å². The van der Waals surface area contributed by atoms with Crippen LogP contribution in [-0.2, 0) is 16.1 Å². The fourth-order valence-corrected chi connectivity index (χ4v) is 5.57. The normalized spacial score (nSPS) is 24.0. The summed E-state index contributed by atoms with van der Waals surface area (Å²) in [7, 11) is 0. The Morgan fingerprint density at radius 2 is 1.85 bits per heavy atom. The Balaban J connectivity index is 1.35. The summed E-state index contributed by atoms with van der Waals surface area (Å²) in [6.45, 7) is 6.53. The average molecular weight is 466 g/mol. The lowest BCUT2D eigenvalue weighted by molar-refractivity contribution is -0.140. The molecule has 2 amide bonds. The quantitative estimate of drug-likeness (QED) is 0.661. The zero-order valence-corrected chi connectivity index (χ0v) is 19.5. The third-order valence-electron chi connectivity index (χ3n) is 7.50. The van der Waals surface area contributed by atoms with Gasteiger partial charge in [0.25, 0.3) is 0 Å². The van der Waals surface area contributed by atoms with Crippen LogP contribution in [0.15, 0.2) is 12.1 Å². The number of anilines is 1. The van der Waals surface area contributed by atoms with Crippen LogP contribution in [0.5, 0.6) is 0 Å². The molecule has 3 aliphatic rings. The number of hydrogen-bond donors (Lipinski definition) is 1. The SMILES string of the molecule is Cc1c(CN2CCN(C(=O)C3CCCC3)C(C)C2)cc(F)cc1NC(=O)CC1CC(F)(F)C1. The number of hydrogen-bond acceptors (Lipinski definition) is 3. The molecule has 0 spiro atoms. The Kier molecular flexibility index (Phi) is 7.03. The van der Waals surface area contributed by atoms with Crippen molar-refractivity contribution in [2.45, 2.75) is 77.3 Å². The minimum atomic E-state index is -2.66. The van der Waals surface area contributed by atoms with Gasteiger partial charge in [0.1, 0.15) is 5.82 Å². The number of rotatable bonds is 6. The summed E-state index contributed by atoms with van der Waals surface area (Å²) >= 11 is 0. The highest BCUT2D eigenvalue weighted by molar-refractivity contribution is 5.92. The van der Waals surface area contributed by atoms with Crippen molar-refractivity contribution in [3.63, 3.8) is 0 Å². The van der Waals surface area contributed by atoms with Gasteiger partial charge in [-0.15, -0.1) is 0 Å². The molecule has 182 valence electrons. The van der Waals surface area contributed by atoms with Gasteiger partial charge in [0.2, 0.25) is 17.7 Å². The van der Waals surface area contributed by atoms with Crippen LogP contribution in [-0.4, -0.2) is 53.2 Å². The van der Waals surface area contributed by atoms with E-state index in [9.17, 15) is 22.8 Å². The number of alkyl halides is 2. The first-order valence-corrected chi connectivity index (χ1v) is 12.1. The van der Waals surface area contributed by atoms with Gasteiger partial charge in [-0.05, 0) is 55.9 Å². The summed E-state index contributed by atoms with van der Waals surface area (Å²) in [5.41, 5.74) is 1.95. The second-order valence-electron chi connectivity index (χ2n) is 10.2. The van der Waals surface area contributed by atoms with Crippen LogP contribution in [0, 0.1) is 24.6 Å². The van der Waals surface area contributed by atoms with Crippen molar-refractivity contribution >= 4 is 17.5 Å². The maximum atomic E-state index is 14.3. The number of carbonyl (C=O) groups excluding carboxylic acids is 2. The van der Waals surface area contributed by atoms with E-state index in [1.165, 1.54) is 12.1 Å². The Morgan fingerprint density at radius 3 is 2.48 bits per heavy atom. The highest BCUT2D eigenvalue weighted by Crippen LogP contribution is 2.44. The van der Waals surface area contributed by atoms with E-state index in [4.69, 9.17) is 0 Å². The molecule has 1 atom stereocenters. The van der Waals surface area contributed by atoms with Crippen molar-refractivity contribution in [1.82, 2.24) is 9.80 Å². The van der Waals surface area contributed by atoms with Crippen LogP contribution in [0.1, 0.15) is 63.0 Å². The molecule has 1 aromatic rings. The van der Waals surface area contributed by atoms with Crippen molar-refractivity contribution in [3.05, 3.63) is 29.1 Å². The predicted molar refractivity (Wildman–Crippen MR) is 120 cm³/mol. The van der Waals surface area contributed by atoms with Crippen molar-refractivity contribution < 1.29 is 22.8 Å². The first kappa shape index (κ1) is 24.0. The summed E-state index contributed by atoms with van der Waals surface area (Å²) in [6, 6.07) is 2.87. The van der Waals surface area contributed by atoms with E-state index in [0.717, 1.165) is 43.4 Å². The maximum absolute atomic E-state index is 14.3. The molecular weight excluding hydrogens is 431 g/mol. The van der Waals surface area contributed by atoms with E-state index in [2.05, 4.69) is 17.1 Å². The number of benzene rings is 1. The first-order valence-electron chi connectivity index (χ1n) is 12.1. The van der Waals surface area contributed by atoms with Crippen molar-refractivity contribution in [2.24, 2.45) is 11.8 Å². The number of amides is 2. The zero-order valence-electron chi connectivity index (χ0n) is 19.5. The molecule has 33 heavy (non-hydrogen) atoms. The van der Waals surface area contributed by atoms with Crippen LogP contribution in [0.3, 0.4) is 0 Å². The molecule has 1 N–H and O–H groups in total. The van der Waals surface area contributed by atoms with Gasteiger partial charge in [-0.2, -0.15) is 0 Å². The van der Waals surface area contributed by atoms with Crippen molar-refractivity contribution in [1.29, 1.82) is 0 Å². The van der Waals surface area contributed by atoms with Crippen LogP contribution in [0.4, 0.5) is 18.9 Å². The summed E-state index contributed by atoms with van der Waals surface area (Å²) in [5, 5.41) is 2.72. The second kappa shape index (κ2) is 9.65. The molecule has 1 heterocycles. The van der Waals surface area contributed by atoms with Gasteiger partial charge < -0.3 is 10.2 Å². The van der Waals surface area contributed by atoms with Gasteiger partial charge in [0.05, 0.1) is 0 Å². The summed E-state index contributed by atoms with van der Waals surface area (Å²) in [5.74, 6) is -3.34. The van der Waals surface area contributed by atoms with Gasteiger partial charge in [-0.3, -0.25) is 14.5 Å². The molecule has 4 rings (SSSR count). The molecule has 0 aromatic heterocycles. The summed E-state index contributed by atoms with van der Waals surface area (Å²) in [6.07, 6.45) is 3.75. The Morgan fingerprint density at radius 1 is 1.15 bits per heavy atom. The topological polar surface area (TPSA) is 52.6 Å². The van der Waals surface area contributed by atoms with Crippen LogP contribution in [0.2, 0.25) is 0 Å². The number of nitrogens with one attached hydrogen (secondary N) is 1. The van der Waals surface area contributed by atoms with Gasteiger partial charge in [0, 0.05) is 63.1 Å². The highest BCUT2D eigenvalue weighted by atomic mass is 19.3. The van der Waals surface area contributed by atoms with Crippen molar-refractivity contribution in [3.8, 4) is 0 Å². The maximum Gasteiger partial charge on any atom is 0.248 e. The third kappa shape index (κ3) is 5.70. The monoisotopic (exact) mass is 465 g/mol. The van der Waals surface area contributed by atoms with Crippen molar-refractivity contribution in [2.75, 3.05) is 25.0 Å². The zero-order chi connectivity index (χ0) is 23.8. The fourth-order valence-electron chi connectivity index (χ4n) is 5.57. The van der Waals surface area contributed by atoms with E-state index < -0.39 is 11.7 Å². The average Bonchev–Trinajstić information content (AvgIpc) is 3.24. The largest absolute Gasteiger partial charge is 0.337 e. The molecule has 5 nitrogen and oxygen atoms in total. The van der Waals surface area contributed by atoms with E-state index in [1.54, 1.807) is 0 Å². The molecular formula is C25H34F3N3O2. The summed E-state index contributed by atoms with van der Waals surface area (Å²) < 4.78 is 40.4. The molecule has 1 aliphatic heterocycles. The summed E-state index contributed by atoms with van der Waals surface area (Å²) in [4.78, 5) is 29.4. The molecule has 0 radical (unpaired) electrons. The molecule has 1 unspecified atom stereocenters. The highest BCUT2D eigenvalue weighted by Gasteiger charge is 2.45. The Bertz CT molecular complexity index is 893. The number of carbonyl (C=O) groups is 2. The first-order chi connectivity index (χ1) is 15.6. The Hall–Kier alpha value is -2.09. The van der Waals surface area contributed by atoms with Gasteiger partial charge >= 0.3 is 0 Å². The van der Waals surface area contributed by atoms with E-state index in [0.29, 0.717) is 25.3 Å². The molecule has 2 saturated carbocycles. The lowest BCUT2D eigenvalue weighted by Crippen LogP contribution is -2.54. The lowest BCUT2D eigenvalue weighted by Gasteiger charge is -2.41. The molecule has 1 saturated heterocycles. The molecule has 0 bridgehead atoms. The van der Waals surface area contributed by atoms with Gasteiger partial charge in [-0.25, -0.2) is 13.2 Å². The standard InChI is InChI=1S/C25H34F3N3O2/c1-16-14-30(7-8-31(16)24(33)19-5-3-4-6-19)15-20-10-21(26)11-22(17(20)2)29-23(32)9-18-12-25(27,28)13-18/h10-11,16,18-19H,3-9,12-15H2,1-2H3,(H,29,32). The van der Waals surface area contributed by atoms with Crippen LogP contribution >= 0.6 is 0 Å². The smallest absolute Gasteiger partial charge is 0.248 e.